The maximum atomic E-state index is 8.75. The van der Waals surface area contributed by atoms with Crippen LogP contribution < -0.4 is 4.74 Å². The van der Waals surface area contributed by atoms with Crippen LogP contribution in [0.1, 0.15) is 24.8 Å². The van der Waals surface area contributed by atoms with Crippen molar-refractivity contribution in [1.82, 2.24) is 9.88 Å². The molecular weight excluding hydrogens is 214 g/mol. The van der Waals surface area contributed by atoms with E-state index in [1.807, 2.05) is 0 Å². The van der Waals surface area contributed by atoms with Gasteiger partial charge in [0.25, 0.3) is 0 Å². The van der Waals surface area contributed by atoms with Gasteiger partial charge in [-0.1, -0.05) is 0 Å². The zero-order valence-corrected chi connectivity index (χ0v) is 10.1. The van der Waals surface area contributed by atoms with Gasteiger partial charge in [0, 0.05) is 18.3 Å². The van der Waals surface area contributed by atoms with Crippen molar-refractivity contribution >= 4 is 0 Å². The average molecular weight is 231 g/mol. The summed E-state index contributed by atoms with van der Waals surface area (Å²) >= 11 is 0. The second kappa shape index (κ2) is 5.65. The summed E-state index contributed by atoms with van der Waals surface area (Å²) in [5.74, 6) is 0.546. The van der Waals surface area contributed by atoms with Crippen LogP contribution in [-0.4, -0.2) is 36.1 Å². The molecule has 90 valence electrons. The third-order valence-electron chi connectivity index (χ3n) is 3.24. The summed E-state index contributed by atoms with van der Waals surface area (Å²) in [5, 5.41) is 8.75. The van der Waals surface area contributed by atoms with Gasteiger partial charge in [-0.05, 0) is 38.9 Å². The Labute approximate surface area is 102 Å². The van der Waals surface area contributed by atoms with E-state index in [1.165, 1.54) is 19.4 Å². The molecule has 1 aromatic rings. The summed E-state index contributed by atoms with van der Waals surface area (Å²) in [7, 11) is 2.16. The molecule has 2 heterocycles. The zero-order valence-electron chi connectivity index (χ0n) is 10.1. The third-order valence-corrected chi connectivity index (χ3v) is 3.24. The minimum Gasteiger partial charge on any atom is -0.478 e. The smallest absolute Gasteiger partial charge is 0.214 e. The van der Waals surface area contributed by atoms with Crippen LogP contribution in [0.5, 0.6) is 5.88 Å². The Morgan fingerprint density at radius 2 is 2.53 bits per heavy atom. The molecule has 0 radical (unpaired) electrons. The highest BCUT2D eigenvalue weighted by Gasteiger charge is 2.20. The Balaban J connectivity index is 1.80. The molecule has 2 rings (SSSR count). The Hall–Kier alpha value is -1.60. The van der Waals surface area contributed by atoms with Crippen LogP contribution >= 0.6 is 0 Å². The lowest BCUT2D eigenvalue weighted by molar-refractivity contribution is 0.228. The quantitative estimate of drug-likeness (QED) is 0.793. The monoisotopic (exact) mass is 231 g/mol. The number of rotatable bonds is 4. The molecule has 1 unspecified atom stereocenters. The van der Waals surface area contributed by atoms with Crippen LogP contribution in [0.3, 0.4) is 0 Å². The van der Waals surface area contributed by atoms with Crippen LogP contribution in [0.2, 0.25) is 0 Å². The number of nitriles is 1. The van der Waals surface area contributed by atoms with E-state index in [0.717, 1.165) is 6.42 Å². The summed E-state index contributed by atoms with van der Waals surface area (Å²) in [5.41, 5.74) is 0.591. The molecule has 1 saturated heterocycles. The molecule has 17 heavy (non-hydrogen) atoms. The second-order valence-electron chi connectivity index (χ2n) is 4.41. The summed E-state index contributed by atoms with van der Waals surface area (Å²) in [4.78, 5) is 6.46. The molecular formula is C13H17N3O. The summed E-state index contributed by atoms with van der Waals surface area (Å²) in [6.45, 7) is 1.85. The van der Waals surface area contributed by atoms with Gasteiger partial charge in [0.1, 0.15) is 0 Å². The molecule has 4 nitrogen and oxygen atoms in total. The predicted molar refractivity (Wildman–Crippen MR) is 64.7 cm³/mol. The normalized spacial score (nSPS) is 20.1. The molecule has 0 bridgehead atoms. The van der Waals surface area contributed by atoms with Crippen molar-refractivity contribution in [1.29, 1.82) is 5.26 Å². The van der Waals surface area contributed by atoms with E-state index < -0.39 is 0 Å². The molecule has 4 heteroatoms. The number of ether oxygens (including phenoxy) is 1. The first-order chi connectivity index (χ1) is 8.29. The van der Waals surface area contributed by atoms with Crippen molar-refractivity contribution < 1.29 is 4.74 Å². The van der Waals surface area contributed by atoms with Gasteiger partial charge in [-0.15, -0.1) is 0 Å². The van der Waals surface area contributed by atoms with Crippen LogP contribution in [0.25, 0.3) is 0 Å². The van der Waals surface area contributed by atoms with Crippen molar-refractivity contribution in [2.24, 2.45) is 0 Å². The van der Waals surface area contributed by atoms with Gasteiger partial charge in [0.15, 0.2) is 0 Å². The van der Waals surface area contributed by atoms with E-state index in [2.05, 4.69) is 23.0 Å². The van der Waals surface area contributed by atoms with Crippen molar-refractivity contribution in [2.75, 3.05) is 20.2 Å². The summed E-state index contributed by atoms with van der Waals surface area (Å²) in [6.07, 6.45) is 5.17. The van der Waals surface area contributed by atoms with Crippen LogP contribution in [0.4, 0.5) is 0 Å². The number of likely N-dealkylation sites (tertiary alicyclic amines) is 1. The maximum absolute atomic E-state index is 8.75. The number of pyridine rings is 1. The van der Waals surface area contributed by atoms with Crippen LogP contribution in [-0.2, 0) is 0 Å². The van der Waals surface area contributed by atoms with Gasteiger partial charge >= 0.3 is 0 Å². The standard InChI is InChI=1S/C13H17N3O/c1-16-7-2-3-12(16)5-8-17-13-9-11(10-14)4-6-15-13/h4,6,9,12H,2-3,5,7-8H2,1H3. The van der Waals surface area contributed by atoms with Gasteiger partial charge in [-0.3, -0.25) is 0 Å². The molecule has 1 fully saturated rings. The topological polar surface area (TPSA) is 49.1 Å². The Morgan fingerprint density at radius 1 is 1.65 bits per heavy atom. The molecule has 1 aromatic heterocycles. The fourth-order valence-corrected chi connectivity index (χ4v) is 2.20. The molecule has 0 saturated carbocycles. The van der Waals surface area contributed by atoms with Crippen LogP contribution in [0, 0.1) is 11.3 Å². The average Bonchev–Trinajstić information content (AvgIpc) is 2.76. The fraction of sp³-hybridized carbons (Fsp3) is 0.538. The van der Waals surface area contributed by atoms with Gasteiger partial charge in [-0.2, -0.15) is 5.26 Å². The van der Waals surface area contributed by atoms with E-state index in [-0.39, 0.29) is 0 Å². The highest BCUT2D eigenvalue weighted by Crippen LogP contribution is 2.18. The van der Waals surface area contributed by atoms with Crippen LogP contribution in [0.15, 0.2) is 18.3 Å². The molecule has 0 spiro atoms. The van der Waals surface area contributed by atoms with E-state index in [4.69, 9.17) is 10.00 Å². The van der Waals surface area contributed by atoms with Crippen molar-refractivity contribution in [2.45, 2.75) is 25.3 Å². The lowest BCUT2D eigenvalue weighted by atomic mass is 10.1. The predicted octanol–water partition coefficient (Wildman–Crippen LogP) is 1.82. The van der Waals surface area contributed by atoms with Gasteiger partial charge in [0.05, 0.1) is 18.2 Å². The first-order valence-corrected chi connectivity index (χ1v) is 5.99. The lowest BCUT2D eigenvalue weighted by Crippen LogP contribution is -2.26. The van der Waals surface area contributed by atoms with E-state index in [9.17, 15) is 0 Å². The van der Waals surface area contributed by atoms with E-state index >= 15 is 0 Å². The van der Waals surface area contributed by atoms with Crippen molar-refractivity contribution in [3.63, 3.8) is 0 Å². The molecule has 0 aromatic carbocycles. The summed E-state index contributed by atoms with van der Waals surface area (Å²) in [6, 6.07) is 6.07. The minimum absolute atomic E-state index is 0.546. The van der Waals surface area contributed by atoms with E-state index in [1.54, 1.807) is 18.3 Å². The first kappa shape index (κ1) is 11.9. The molecule has 1 aliphatic rings. The minimum atomic E-state index is 0.546. The van der Waals surface area contributed by atoms with Gasteiger partial charge in [-0.25, -0.2) is 4.98 Å². The fourth-order valence-electron chi connectivity index (χ4n) is 2.20. The lowest BCUT2D eigenvalue weighted by Gasteiger charge is -2.18. The number of aromatic nitrogens is 1. The highest BCUT2D eigenvalue weighted by atomic mass is 16.5. The number of hydrogen-bond acceptors (Lipinski definition) is 4. The van der Waals surface area contributed by atoms with Crippen molar-refractivity contribution in [3.8, 4) is 11.9 Å². The molecule has 0 aliphatic carbocycles. The Kier molecular flexibility index (Phi) is 3.94. The first-order valence-electron chi connectivity index (χ1n) is 5.99. The number of nitrogens with zero attached hydrogens (tertiary/aromatic N) is 3. The Morgan fingerprint density at radius 3 is 3.24 bits per heavy atom. The van der Waals surface area contributed by atoms with Gasteiger partial charge < -0.3 is 9.64 Å². The molecule has 1 atom stereocenters. The molecule has 1 aliphatic heterocycles. The summed E-state index contributed by atoms with van der Waals surface area (Å²) < 4.78 is 5.57. The molecule has 0 N–H and O–H groups in total. The second-order valence-corrected chi connectivity index (χ2v) is 4.41. The van der Waals surface area contributed by atoms with E-state index in [0.29, 0.717) is 24.1 Å². The van der Waals surface area contributed by atoms with Gasteiger partial charge in [0.2, 0.25) is 5.88 Å². The number of hydrogen-bond donors (Lipinski definition) is 0. The Bertz CT molecular complexity index is 413. The zero-order chi connectivity index (χ0) is 12.1. The maximum Gasteiger partial charge on any atom is 0.214 e. The van der Waals surface area contributed by atoms with Crippen molar-refractivity contribution in [3.05, 3.63) is 23.9 Å². The largest absolute Gasteiger partial charge is 0.478 e. The third kappa shape index (κ3) is 3.18. The molecule has 0 amide bonds. The SMILES string of the molecule is CN1CCCC1CCOc1cc(C#N)ccn1. The highest BCUT2D eigenvalue weighted by molar-refractivity contribution is 5.31.